The Morgan fingerprint density at radius 3 is 2.65 bits per heavy atom. The van der Waals surface area contributed by atoms with E-state index in [9.17, 15) is 4.79 Å². The summed E-state index contributed by atoms with van der Waals surface area (Å²) in [5.41, 5.74) is 4.09. The summed E-state index contributed by atoms with van der Waals surface area (Å²) in [4.78, 5) is 14.2. The third kappa shape index (κ3) is 2.75. The molecule has 1 aliphatic carbocycles. The van der Waals surface area contributed by atoms with Crippen LogP contribution in [0.5, 0.6) is 0 Å². The van der Waals surface area contributed by atoms with E-state index in [0.717, 1.165) is 38.6 Å². The number of hydrogen-bond donors (Lipinski definition) is 1. The van der Waals surface area contributed by atoms with Crippen molar-refractivity contribution in [2.24, 2.45) is 0 Å². The van der Waals surface area contributed by atoms with E-state index in [4.69, 9.17) is 0 Å². The van der Waals surface area contributed by atoms with Crippen molar-refractivity contribution in [2.45, 2.75) is 45.6 Å². The van der Waals surface area contributed by atoms with Crippen LogP contribution in [-0.2, 0) is 11.2 Å². The minimum absolute atomic E-state index is 0.308. The first kappa shape index (κ1) is 13.7. The number of carbonyl (C=O) groups excluding carboxylic acids is 1. The summed E-state index contributed by atoms with van der Waals surface area (Å²) < 4.78 is 2.46. The van der Waals surface area contributed by atoms with Gasteiger partial charge in [0.1, 0.15) is 0 Å². The van der Waals surface area contributed by atoms with Crippen molar-refractivity contribution in [1.82, 2.24) is 14.8 Å². The molecule has 4 heteroatoms. The van der Waals surface area contributed by atoms with Gasteiger partial charge in [-0.3, -0.25) is 4.79 Å². The molecule has 2 heterocycles. The molecule has 2 fully saturated rings. The Bertz CT molecular complexity index is 496. The number of amides is 1. The number of carbonyl (C=O) groups is 1. The number of aryl methyl sites for hydroxylation is 2. The Morgan fingerprint density at radius 2 is 2.00 bits per heavy atom. The fourth-order valence-corrected chi connectivity index (χ4v) is 3.31. The molecule has 20 heavy (non-hydrogen) atoms. The van der Waals surface area contributed by atoms with Gasteiger partial charge in [-0.2, -0.15) is 0 Å². The summed E-state index contributed by atoms with van der Waals surface area (Å²) in [6.45, 7) is 7.98. The molecule has 0 radical (unpaired) electrons. The highest BCUT2D eigenvalue weighted by Gasteiger charge is 2.27. The van der Waals surface area contributed by atoms with Gasteiger partial charge in [-0.1, -0.05) is 0 Å². The van der Waals surface area contributed by atoms with E-state index in [1.165, 1.54) is 29.8 Å². The third-order valence-electron chi connectivity index (χ3n) is 4.58. The second-order valence-electron chi connectivity index (χ2n) is 6.13. The van der Waals surface area contributed by atoms with Gasteiger partial charge in [0.2, 0.25) is 5.91 Å². The average molecular weight is 275 g/mol. The normalized spacial score (nSPS) is 19.4. The smallest absolute Gasteiger partial charge is 0.222 e. The number of nitrogens with one attached hydrogen (secondary N) is 1. The van der Waals surface area contributed by atoms with E-state index in [-0.39, 0.29) is 0 Å². The maximum absolute atomic E-state index is 12.2. The van der Waals surface area contributed by atoms with Crippen LogP contribution in [0.1, 0.15) is 42.3 Å². The molecule has 1 amide bonds. The van der Waals surface area contributed by atoms with E-state index < -0.39 is 0 Å². The van der Waals surface area contributed by atoms with Crippen molar-refractivity contribution in [3.05, 3.63) is 23.0 Å². The van der Waals surface area contributed by atoms with E-state index in [2.05, 4.69) is 29.8 Å². The summed E-state index contributed by atoms with van der Waals surface area (Å²) in [6, 6.07) is 3.01. The van der Waals surface area contributed by atoms with Crippen LogP contribution in [0.4, 0.5) is 0 Å². The van der Waals surface area contributed by atoms with Crippen molar-refractivity contribution in [2.75, 3.05) is 26.2 Å². The molecule has 2 aliphatic rings. The Balaban J connectivity index is 1.60. The molecule has 4 nitrogen and oxygen atoms in total. The minimum atomic E-state index is 0.308. The molecule has 0 spiro atoms. The molecule has 0 aromatic carbocycles. The van der Waals surface area contributed by atoms with Gasteiger partial charge in [0, 0.05) is 50.0 Å². The lowest BCUT2D eigenvalue weighted by Gasteiger charge is -2.27. The summed E-state index contributed by atoms with van der Waals surface area (Å²) >= 11 is 0. The predicted molar refractivity (Wildman–Crippen MR) is 79.9 cm³/mol. The van der Waals surface area contributed by atoms with Crippen LogP contribution in [0.25, 0.3) is 0 Å². The lowest BCUT2D eigenvalue weighted by molar-refractivity contribution is -0.131. The molecule has 1 saturated heterocycles. The number of hydrogen-bond acceptors (Lipinski definition) is 2. The van der Waals surface area contributed by atoms with Gasteiger partial charge in [0.15, 0.2) is 0 Å². The fourth-order valence-electron chi connectivity index (χ4n) is 3.31. The van der Waals surface area contributed by atoms with Gasteiger partial charge in [-0.15, -0.1) is 0 Å². The summed E-state index contributed by atoms with van der Waals surface area (Å²) in [7, 11) is 0. The van der Waals surface area contributed by atoms with E-state index in [0.29, 0.717) is 12.3 Å². The highest BCUT2D eigenvalue weighted by Crippen LogP contribution is 2.38. The zero-order chi connectivity index (χ0) is 14.1. The SMILES string of the molecule is Cc1cc(CCC(=O)N2CCNCC2)c(C)n1C1CC1. The molecule has 1 aromatic rings. The molecule has 0 atom stereocenters. The van der Waals surface area contributed by atoms with Gasteiger partial charge < -0.3 is 14.8 Å². The monoisotopic (exact) mass is 275 g/mol. The third-order valence-corrected chi connectivity index (χ3v) is 4.58. The number of aromatic nitrogens is 1. The van der Waals surface area contributed by atoms with Crippen molar-refractivity contribution >= 4 is 5.91 Å². The molecule has 1 N–H and O–H groups in total. The Morgan fingerprint density at radius 1 is 1.30 bits per heavy atom. The van der Waals surface area contributed by atoms with E-state index in [1.54, 1.807) is 0 Å². The molecule has 1 saturated carbocycles. The van der Waals surface area contributed by atoms with Gasteiger partial charge in [-0.05, 0) is 44.7 Å². The fraction of sp³-hybridized carbons (Fsp3) is 0.688. The van der Waals surface area contributed by atoms with Crippen molar-refractivity contribution in [1.29, 1.82) is 0 Å². The standard InChI is InChI=1S/C16H25N3O/c1-12-11-14(13(2)19(12)15-4-5-15)3-6-16(20)18-9-7-17-8-10-18/h11,15,17H,3-10H2,1-2H3. The Hall–Kier alpha value is -1.29. The van der Waals surface area contributed by atoms with Crippen LogP contribution in [0.15, 0.2) is 6.07 Å². The zero-order valence-electron chi connectivity index (χ0n) is 12.6. The van der Waals surface area contributed by atoms with Crippen LogP contribution < -0.4 is 5.32 Å². The molecule has 0 unspecified atom stereocenters. The quantitative estimate of drug-likeness (QED) is 0.910. The maximum atomic E-state index is 12.2. The zero-order valence-corrected chi connectivity index (χ0v) is 12.6. The van der Waals surface area contributed by atoms with E-state index >= 15 is 0 Å². The van der Waals surface area contributed by atoms with Gasteiger partial charge in [-0.25, -0.2) is 0 Å². The summed E-state index contributed by atoms with van der Waals surface area (Å²) in [6.07, 6.45) is 4.16. The van der Waals surface area contributed by atoms with Crippen LogP contribution >= 0.6 is 0 Å². The molecule has 1 aromatic heterocycles. The topological polar surface area (TPSA) is 37.3 Å². The van der Waals surface area contributed by atoms with Crippen molar-refractivity contribution < 1.29 is 4.79 Å². The molecule has 3 rings (SSSR count). The highest BCUT2D eigenvalue weighted by atomic mass is 16.2. The minimum Gasteiger partial charge on any atom is -0.346 e. The molecular weight excluding hydrogens is 250 g/mol. The molecule has 1 aliphatic heterocycles. The first-order valence-electron chi connectivity index (χ1n) is 7.82. The van der Waals surface area contributed by atoms with Crippen molar-refractivity contribution in [3.63, 3.8) is 0 Å². The molecule has 0 bridgehead atoms. The van der Waals surface area contributed by atoms with Crippen LogP contribution in [0.2, 0.25) is 0 Å². The lowest BCUT2D eigenvalue weighted by Crippen LogP contribution is -2.46. The Labute approximate surface area is 121 Å². The van der Waals surface area contributed by atoms with Crippen LogP contribution in [0, 0.1) is 13.8 Å². The largest absolute Gasteiger partial charge is 0.346 e. The number of rotatable bonds is 4. The van der Waals surface area contributed by atoms with E-state index in [1.807, 2.05) is 4.90 Å². The molecule has 110 valence electrons. The summed E-state index contributed by atoms with van der Waals surface area (Å²) in [5.74, 6) is 0.308. The van der Waals surface area contributed by atoms with Gasteiger partial charge in [0.05, 0.1) is 0 Å². The summed E-state index contributed by atoms with van der Waals surface area (Å²) in [5, 5.41) is 3.29. The second-order valence-corrected chi connectivity index (χ2v) is 6.13. The number of nitrogens with zero attached hydrogens (tertiary/aromatic N) is 2. The van der Waals surface area contributed by atoms with Crippen LogP contribution in [0.3, 0.4) is 0 Å². The van der Waals surface area contributed by atoms with Gasteiger partial charge in [0.25, 0.3) is 0 Å². The average Bonchev–Trinajstić information content (AvgIpc) is 3.24. The lowest BCUT2D eigenvalue weighted by atomic mass is 10.1. The Kier molecular flexibility index (Phi) is 3.83. The second kappa shape index (κ2) is 5.60. The van der Waals surface area contributed by atoms with Crippen LogP contribution in [-0.4, -0.2) is 41.6 Å². The number of piperazine rings is 1. The predicted octanol–water partition coefficient (Wildman–Crippen LogP) is 1.80. The highest BCUT2D eigenvalue weighted by molar-refractivity contribution is 5.76. The van der Waals surface area contributed by atoms with Crippen molar-refractivity contribution in [3.8, 4) is 0 Å². The first-order valence-corrected chi connectivity index (χ1v) is 7.82. The maximum Gasteiger partial charge on any atom is 0.222 e. The molecular formula is C16H25N3O. The van der Waals surface area contributed by atoms with Gasteiger partial charge >= 0.3 is 0 Å². The first-order chi connectivity index (χ1) is 9.66.